The Balaban J connectivity index is 1.07. The summed E-state index contributed by atoms with van der Waals surface area (Å²) >= 11 is 0. The Morgan fingerprint density at radius 3 is 2.18 bits per heavy atom. The Hall–Kier alpha value is -10.6. The van der Waals surface area contributed by atoms with Crippen molar-refractivity contribution >= 4 is 81.8 Å². The monoisotopic (exact) mass is 1580 g/mol. The molecule has 0 spiro atoms. The third-order valence-electron chi connectivity index (χ3n) is 21.1. The highest BCUT2D eigenvalue weighted by atomic mass is 19.1. The molecule has 0 saturated carbocycles. The Labute approximate surface area is 661 Å². The molecule has 2 unspecified atom stereocenters. The Morgan fingerprint density at radius 2 is 1.42 bits per heavy atom. The predicted molar refractivity (Wildman–Crippen MR) is 414 cm³/mol. The first-order chi connectivity index (χ1) is 54.5. The molecule has 2 saturated heterocycles. The number of fused-ring (bicyclic) bond motifs is 11. The molecule has 0 aliphatic carbocycles. The zero-order chi connectivity index (χ0) is 81.8. The molecule has 11 N–H and O–H groups in total. The number of aromatic nitrogens is 1. The highest BCUT2D eigenvalue weighted by Gasteiger charge is 2.50. The van der Waals surface area contributed by atoms with Gasteiger partial charge >= 0.3 is 0 Å². The Morgan fingerprint density at radius 1 is 0.684 bits per heavy atom. The summed E-state index contributed by atoms with van der Waals surface area (Å²) in [5.41, 5.74) is 2.22. The maximum atomic E-state index is 16.2. The van der Waals surface area contributed by atoms with Gasteiger partial charge in [-0.1, -0.05) is 48.5 Å². The number of rotatable bonds is 15. The highest BCUT2D eigenvalue weighted by molar-refractivity contribution is 6.00. The van der Waals surface area contributed by atoms with Crippen LogP contribution in [0, 0.1) is 5.82 Å². The van der Waals surface area contributed by atoms with E-state index in [1.54, 1.807) is 79.9 Å². The summed E-state index contributed by atoms with van der Waals surface area (Å²) < 4.78 is 48.0. The lowest BCUT2D eigenvalue weighted by Crippen LogP contribution is -2.64. The van der Waals surface area contributed by atoms with Crippen molar-refractivity contribution in [2.24, 2.45) is 0 Å². The third kappa shape index (κ3) is 23.5. The third-order valence-corrected chi connectivity index (χ3v) is 21.1. The van der Waals surface area contributed by atoms with E-state index in [1.807, 2.05) is 31.8 Å². The van der Waals surface area contributed by atoms with E-state index >= 15 is 33.2 Å². The van der Waals surface area contributed by atoms with Crippen LogP contribution in [0.3, 0.4) is 0 Å². The number of quaternary nitrogens is 1. The summed E-state index contributed by atoms with van der Waals surface area (Å²) in [5, 5.41) is 39.6. The minimum absolute atomic E-state index is 0.0449. The van der Waals surface area contributed by atoms with E-state index in [0.717, 1.165) is 17.0 Å². The minimum Gasteiger partial charge on any atom is -0.497 e. The van der Waals surface area contributed by atoms with Gasteiger partial charge in [-0.25, -0.2) is 4.39 Å². The number of amides is 12. The first kappa shape index (κ1) is 85.8. The van der Waals surface area contributed by atoms with Gasteiger partial charge in [-0.3, -0.25) is 57.5 Å². The number of hydrogen-bond acceptors (Lipinski definition) is 18. The number of halogens is 1. The lowest BCUT2D eigenvalue weighted by Gasteiger charge is -2.37. The average Bonchev–Trinajstić information content (AvgIpc) is 1.61. The van der Waals surface area contributed by atoms with Gasteiger partial charge < -0.3 is 101 Å². The largest absolute Gasteiger partial charge is 0.497 e. The van der Waals surface area contributed by atoms with Crippen molar-refractivity contribution in [3.05, 3.63) is 130 Å². The standard InChI is InChI=1S/C81H107FN14O18/c1-49-73(102)91-63(46-86-68(99)26-34-111-36-37-112-35-32-96(4,5)6)75(104)88-60-40-53-12-10-13-54(38-53)44-84-70(101)48-114-65-25-31-94-72(65)77(106)92-71(50(2)97)76(105)90-61(39-51-15-19-58(110-7)20-16-51)79(108)95-30-11-27-81(95,3)80(109)83-28-24-52-14-17-55(45-85-67(98)22-23-69(100)87-49)66(41-52)113-33-9-8-29-93-47-56(42-62(78(94)107)89-74(60)103)59-43-57(82)18-21-64(59)93/h10,12-21,38,41,43,47,49-50,60-63,65,71-72,97H,8-9,11,22-37,39-40,42,44-46,48H2,1-7H3,(H9-,83,84,85,86,87,88,89,90,91,92,98,99,100,101,102,103,104,105,106,109)/p+1/t49-,50-,60-,61+,62-,63+,65?,71-,72?,81+/m0/s1. The number of aryl methyl sites for hydroxylation is 1. The smallest absolute Gasteiger partial charge is 0.246 e. The van der Waals surface area contributed by atoms with E-state index in [1.165, 1.54) is 38.0 Å². The molecule has 5 aliphatic rings. The second-order valence-corrected chi connectivity index (χ2v) is 30.9. The molecule has 32 nitrogen and oxygen atoms in total. The molecular weight excluding hydrogens is 1480 g/mol. The molecule has 1 aromatic heterocycles. The fraction of sp³-hybridized carbons (Fsp3) is 0.531. The van der Waals surface area contributed by atoms with Crippen LogP contribution in [0.25, 0.3) is 10.9 Å². The molecule has 5 aliphatic heterocycles. The van der Waals surface area contributed by atoms with Crippen LogP contribution in [0.5, 0.6) is 11.5 Å². The number of nitrogens with zero attached hydrogens (tertiary/aromatic N) is 4. The van der Waals surface area contributed by atoms with E-state index in [9.17, 15) is 33.9 Å². The van der Waals surface area contributed by atoms with Crippen LogP contribution < -0.4 is 62.6 Å². The molecule has 10 atom stereocenters. The van der Waals surface area contributed by atoms with E-state index in [0.29, 0.717) is 87.1 Å². The SMILES string of the molecule is COc1ccc(C[C@H]2NC(=O)[C@H]([C@H](C)O)NC(=O)C3C4CCN3C(=O)[C@@H]3Cc5cn(c6ccc(F)cc56)CCCCOc5cc(ccc5CNC(=O)CCC(=O)N[C@@H](C)C(=O)N[C@H](CNC(=O)CCOCCOCC[N+](C)(C)C)C(=O)N[C@@H](Cc5cccc(c5)CNC(=O)CO4)C(=O)N3)CCNC(=O)[C@@]3(C)CCCN3C2=O)cc1. The first-order valence-electron chi connectivity index (χ1n) is 39.0. The predicted octanol–water partition coefficient (Wildman–Crippen LogP) is 0.311. The fourth-order valence-corrected chi connectivity index (χ4v) is 14.6. The topological polar surface area (TPSA) is 403 Å². The maximum absolute atomic E-state index is 16.2. The van der Waals surface area contributed by atoms with Crippen LogP contribution >= 0.6 is 0 Å². The maximum Gasteiger partial charge on any atom is 0.246 e. The van der Waals surface area contributed by atoms with Crippen LogP contribution in [-0.4, -0.2) is 256 Å². The fourth-order valence-electron chi connectivity index (χ4n) is 14.6. The molecule has 33 heteroatoms. The van der Waals surface area contributed by atoms with Crippen molar-refractivity contribution in [2.45, 2.75) is 177 Å². The average molecular weight is 1580 g/mol. The van der Waals surface area contributed by atoms with Gasteiger partial charge in [0.05, 0.1) is 73.5 Å². The van der Waals surface area contributed by atoms with Crippen molar-refractivity contribution in [1.82, 2.24) is 67.5 Å². The van der Waals surface area contributed by atoms with E-state index in [4.69, 9.17) is 23.7 Å². The van der Waals surface area contributed by atoms with Gasteiger partial charge in [-0.05, 0) is 124 Å². The van der Waals surface area contributed by atoms with Crippen LogP contribution in [0.15, 0.2) is 91.1 Å². The molecule has 11 bridgehead atoms. The zero-order valence-electron chi connectivity index (χ0n) is 65.8. The minimum atomic E-state index is -1.87. The van der Waals surface area contributed by atoms with Crippen LogP contribution in [0.2, 0.25) is 0 Å². The molecule has 6 heterocycles. The van der Waals surface area contributed by atoms with E-state index in [-0.39, 0.29) is 111 Å². The van der Waals surface area contributed by atoms with Gasteiger partial charge in [0.15, 0.2) is 0 Å². The van der Waals surface area contributed by atoms with E-state index in [2.05, 4.69) is 53.2 Å². The number of hydrogen-bond donors (Lipinski definition) is 11. The van der Waals surface area contributed by atoms with Gasteiger partial charge in [0.25, 0.3) is 0 Å². The van der Waals surface area contributed by atoms with Crippen molar-refractivity contribution in [2.75, 3.05) is 101 Å². The van der Waals surface area contributed by atoms with Crippen molar-refractivity contribution in [3.63, 3.8) is 0 Å². The molecular formula is C81H108FN14O18+. The molecule has 5 aromatic rings. The number of nitrogens with one attached hydrogen (secondary N) is 10. The quantitative estimate of drug-likeness (QED) is 0.0496. The number of ether oxygens (including phenoxy) is 5. The summed E-state index contributed by atoms with van der Waals surface area (Å²) in [6.45, 7) is 4.84. The lowest BCUT2D eigenvalue weighted by molar-refractivity contribution is -0.870. The second-order valence-electron chi connectivity index (χ2n) is 30.9. The second kappa shape index (κ2) is 39.9. The Bertz CT molecular complexity index is 4300. The summed E-state index contributed by atoms with van der Waals surface area (Å²) in [4.78, 5) is 180. The summed E-state index contributed by atoms with van der Waals surface area (Å²) in [5.74, 6) is -9.34. The number of carbonyl (C=O) groups excluding carboxylic acids is 12. The normalized spacial score (nSPS) is 24.4. The van der Waals surface area contributed by atoms with Crippen molar-refractivity contribution < 1.29 is 95.2 Å². The number of aliphatic hydroxyl groups excluding tert-OH is 1. The molecule has 0 radical (unpaired) electrons. The number of aliphatic hydroxyl groups is 1. The number of likely N-dealkylation sites (N-methyl/N-ethyl adjacent to an activating group) is 1. The van der Waals surface area contributed by atoms with Crippen LogP contribution in [0.1, 0.15) is 106 Å². The molecule has 10 rings (SSSR count). The van der Waals surface area contributed by atoms with Crippen LogP contribution in [0.4, 0.5) is 4.39 Å². The van der Waals surface area contributed by atoms with Gasteiger partial charge in [0.1, 0.15) is 78.3 Å². The van der Waals surface area contributed by atoms with Gasteiger partial charge in [0.2, 0.25) is 70.9 Å². The number of benzene rings is 4. The van der Waals surface area contributed by atoms with Gasteiger partial charge in [-0.15, -0.1) is 0 Å². The molecule has 4 aromatic carbocycles. The number of carbonyl (C=O) groups is 12. The van der Waals surface area contributed by atoms with Crippen LogP contribution in [-0.2, 0) is 117 Å². The molecule has 616 valence electrons. The van der Waals surface area contributed by atoms with Gasteiger partial charge in [-0.2, -0.15) is 0 Å². The lowest BCUT2D eigenvalue weighted by atomic mass is 9.95. The zero-order valence-corrected chi connectivity index (χ0v) is 65.8. The number of methoxy groups -OCH3 is 1. The Kier molecular flexibility index (Phi) is 30.0. The van der Waals surface area contributed by atoms with Crippen molar-refractivity contribution in [3.8, 4) is 11.5 Å². The van der Waals surface area contributed by atoms with Gasteiger partial charge in [0, 0.05) is 107 Å². The van der Waals surface area contributed by atoms with E-state index < -0.39 is 156 Å². The molecule has 12 amide bonds. The summed E-state index contributed by atoms with van der Waals surface area (Å²) in [6, 6.07) is 11.4. The summed E-state index contributed by atoms with van der Waals surface area (Å²) in [7, 11) is 7.58. The highest BCUT2D eigenvalue weighted by Crippen LogP contribution is 2.33. The first-order valence-corrected chi connectivity index (χ1v) is 39.0. The molecule has 2 fully saturated rings. The summed E-state index contributed by atoms with van der Waals surface area (Å²) in [6.07, 6.45) is -1.38. The van der Waals surface area contributed by atoms with Crippen molar-refractivity contribution in [1.29, 1.82) is 0 Å². The molecule has 114 heavy (non-hydrogen) atoms.